The number of primary amides is 2. The molecule has 0 atom stereocenters. The molecule has 0 spiro atoms. The summed E-state index contributed by atoms with van der Waals surface area (Å²) in [5, 5.41) is 7.72. The van der Waals surface area contributed by atoms with Gasteiger partial charge in [-0.05, 0) is 6.07 Å². The molecule has 0 fully saturated rings. The Balaban J connectivity index is 2.35. The number of nitrogens with two attached hydrogens (primary N) is 2. The van der Waals surface area contributed by atoms with Gasteiger partial charge in [-0.3, -0.25) is 14.8 Å². The SMILES string of the molecule is Cn1nc(C(N)=O)c2ccc3cnc(NC(N)=O)nc3c21. The van der Waals surface area contributed by atoms with Gasteiger partial charge in [0, 0.05) is 24.0 Å². The van der Waals surface area contributed by atoms with Crippen LogP contribution in [0.1, 0.15) is 10.5 Å². The van der Waals surface area contributed by atoms with Gasteiger partial charge in [0.15, 0.2) is 5.69 Å². The monoisotopic (exact) mass is 285 g/mol. The standard InChI is InChI=1S/C12H11N7O2/c1-19-9-6(8(18-19)10(13)20)3-2-5-4-15-12(16-7(5)9)17-11(14)21/h2-4H,1H3,(H2,13,20)(H3,14,15,16,17,21). The van der Waals surface area contributed by atoms with Crippen molar-refractivity contribution in [3.05, 3.63) is 24.0 Å². The van der Waals surface area contributed by atoms with E-state index in [4.69, 9.17) is 11.5 Å². The number of hydrogen-bond donors (Lipinski definition) is 3. The number of fused-ring (bicyclic) bond motifs is 3. The Morgan fingerprint density at radius 3 is 2.71 bits per heavy atom. The Bertz CT molecular complexity index is 899. The van der Waals surface area contributed by atoms with Gasteiger partial charge >= 0.3 is 6.03 Å². The van der Waals surface area contributed by atoms with Crippen LogP contribution in [0.15, 0.2) is 18.3 Å². The van der Waals surface area contributed by atoms with E-state index >= 15 is 0 Å². The normalized spacial score (nSPS) is 10.9. The molecule has 0 bridgehead atoms. The molecule has 21 heavy (non-hydrogen) atoms. The van der Waals surface area contributed by atoms with Crippen molar-refractivity contribution in [2.24, 2.45) is 18.5 Å². The summed E-state index contributed by atoms with van der Waals surface area (Å²) >= 11 is 0. The Labute approximate surface area is 117 Å². The van der Waals surface area contributed by atoms with Gasteiger partial charge in [-0.2, -0.15) is 5.10 Å². The number of urea groups is 1. The molecule has 9 nitrogen and oxygen atoms in total. The Morgan fingerprint density at radius 2 is 2.05 bits per heavy atom. The third-order valence-electron chi connectivity index (χ3n) is 3.02. The summed E-state index contributed by atoms with van der Waals surface area (Å²) in [6, 6.07) is 2.72. The van der Waals surface area contributed by atoms with Crippen LogP contribution in [0.3, 0.4) is 0 Å². The fourth-order valence-corrected chi connectivity index (χ4v) is 2.21. The van der Waals surface area contributed by atoms with Crippen LogP contribution < -0.4 is 16.8 Å². The maximum atomic E-state index is 11.4. The van der Waals surface area contributed by atoms with Gasteiger partial charge < -0.3 is 11.5 Å². The van der Waals surface area contributed by atoms with E-state index in [2.05, 4.69) is 20.4 Å². The molecule has 5 N–H and O–H groups in total. The fourth-order valence-electron chi connectivity index (χ4n) is 2.21. The van der Waals surface area contributed by atoms with Crippen LogP contribution in [-0.4, -0.2) is 31.7 Å². The molecule has 106 valence electrons. The number of carbonyl (C=O) groups is 2. The van der Waals surface area contributed by atoms with Gasteiger partial charge in [0.25, 0.3) is 5.91 Å². The predicted molar refractivity (Wildman–Crippen MR) is 75.5 cm³/mol. The first-order valence-corrected chi connectivity index (χ1v) is 5.96. The van der Waals surface area contributed by atoms with Gasteiger partial charge in [-0.1, -0.05) is 6.07 Å². The zero-order chi connectivity index (χ0) is 15.1. The molecular formula is C12H11N7O2. The van der Waals surface area contributed by atoms with Crippen molar-refractivity contribution in [1.29, 1.82) is 0 Å². The Morgan fingerprint density at radius 1 is 1.29 bits per heavy atom. The topological polar surface area (TPSA) is 142 Å². The highest BCUT2D eigenvalue weighted by atomic mass is 16.2. The van der Waals surface area contributed by atoms with Crippen LogP contribution >= 0.6 is 0 Å². The number of nitrogens with one attached hydrogen (secondary N) is 1. The number of benzene rings is 1. The zero-order valence-corrected chi connectivity index (χ0v) is 11.0. The molecule has 3 amide bonds. The van der Waals surface area contributed by atoms with Crippen molar-refractivity contribution in [2.75, 3.05) is 5.32 Å². The average Bonchev–Trinajstić information content (AvgIpc) is 2.76. The molecule has 3 aromatic rings. The van der Waals surface area contributed by atoms with Crippen LogP contribution in [0, 0.1) is 0 Å². The smallest absolute Gasteiger partial charge is 0.319 e. The predicted octanol–water partition coefficient (Wildman–Crippen LogP) is 0.106. The third-order valence-corrected chi connectivity index (χ3v) is 3.02. The fraction of sp³-hybridized carbons (Fsp3) is 0.0833. The maximum Gasteiger partial charge on any atom is 0.319 e. The summed E-state index contributed by atoms with van der Waals surface area (Å²) in [7, 11) is 1.68. The Hall–Kier alpha value is -3.23. The molecule has 2 heterocycles. The first-order chi connectivity index (χ1) is 9.97. The first-order valence-electron chi connectivity index (χ1n) is 5.96. The average molecular weight is 285 g/mol. The van der Waals surface area contributed by atoms with Crippen molar-refractivity contribution < 1.29 is 9.59 Å². The van der Waals surface area contributed by atoms with Gasteiger partial charge in [0.05, 0.1) is 5.52 Å². The van der Waals surface area contributed by atoms with Crippen LogP contribution in [0.2, 0.25) is 0 Å². The van der Waals surface area contributed by atoms with E-state index in [0.29, 0.717) is 16.4 Å². The van der Waals surface area contributed by atoms with Crippen LogP contribution in [-0.2, 0) is 7.05 Å². The maximum absolute atomic E-state index is 11.4. The lowest BCUT2D eigenvalue weighted by Gasteiger charge is -2.04. The largest absolute Gasteiger partial charge is 0.364 e. The second-order valence-corrected chi connectivity index (χ2v) is 4.42. The second-order valence-electron chi connectivity index (χ2n) is 4.42. The molecule has 2 aromatic heterocycles. The zero-order valence-electron chi connectivity index (χ0n) is 11.0. The highest BCUT2D eigenvalue weighted by Crippen LogP contribution is 2.26. The quantitative estimate of drug-likeness (QED) is 0.612. The number of rotatable bonds is 2. The van der Waals surface area contributed by atoms with E-state index in [1.165, 1.54) is 4.68 Å². The number of anilines is 1. The lowest BCUT2D eigenvalue weighted by atomic mass is 10.1. The van der Waals surface area contributed by atoms with E-state index in [0.717, 1.165) is 5.39 Å². The molecule has 0 unspecified atom stereocenters. The van der Waals surface area contributed by atoms with Crippen molar-refractivity contribution in [2.45, 2.75) is 0 Å². The third kappa shape index (κ3) is 2.00. The van der Waals surface area contributed by atoms with Crippen LogP contribution in [0.5, 0.6) is 0 Å². The molecule has 1 aromatic carbocycles. The summed E-state index contributed by atoms with van der Waals surface area (Å²) in [4.78, 5) is 30.5. The number of hydrogen-bond acceptors (Lipinski definition) is 5. The first kappa shape index (κ1) is 12.8. The van der Waals surface area contributed by atoms with E-state index in [1.54, 1.807) is 25.4 Å². The molecule has 0 aliphatic heterocycles. The minimum Gasteiger partial charge on any atom is -0.364 e. The number of amides is 3. The highest BCUT2D eigenvalue weighted by Gasteiger charge is 2.16. The summed E-state index contributed by atoms with van der Waals surface area (Å²) < 4.78 is 1.51. The molecule has 0 radical (unpaired) electrons. The number of aromatic nitrogens is 4. The van der Waals surface area contributed by atoms with E-state index < -0.39 is 11.9 Å². The van der Waals surface area contributed by atoms with Crippen molar-refractivity contribution >= 4 is 39.7 Å². The molecule has 0 saturated heterocycles. The molecule has 0 saturated carbocycles. The summed E-state index contributed by atoms with van der Waals surface area (Å²) in [6.07, 6.45) is 1.55. The van der Waals surface area contributed by atoms with Gasteiger partial charge in [-0.15, -0.1) is 0 Å². The molecule has 0 aliphatic carbocycles. The number of aryl methyl sites for hydroxylation is 1. The highest BCUT2D eigenvalue weighted by molar-refractivity contribution is 6.11. The lowest BCUT2D eigenvalue weighted by Crippen LogP contribution is -2.20. The minimum atomic E-state index is -0.760. The second kappa shape index (κ2) is 4.40. The van der Waals surface area contributed by atoms with Gasteiger partial charge in [-0.25, -0.2) is 14.8 Å². The van der Waals surface area contributed by atoms with Crippen LogP contribution in [0.25, 0.3) is 21.8 Å². The van der Waals surface area contributed by atoms with Crippen LogP contribution in [0.4, 0.5) is 10.7 Å². The number of carbonyl (C=O) groups excluding carboxylic acids is 2. The van der Waals surface area contributed by atoms with Crippen molar-refractivity contribution in [1.82, 2.24) is 19.7 Å². The molecule has 3 rings (SSSR count). The van der Waals surface area contributed by atoms with E-state index in [9.17, 15) is 9.59 Å². The van der Waals surface area contributed by atoms with Crippen molar-refractivity contribution in [3.8, 4) is 0 Å². The Kier molecular flexibility index (Phi) is 2.68. The summed E-state index contributed by atoms with van der Waals surface area (Å²) in [5.41, 5.74) is 11.7. The minimum absolute atomic E-state index is 0.0734. The van der Waals surface area contributed by atoms with Crippen molar-refractivity contribution in [3.63, 3.8) is 0 Å². The molecular weight excluding hydrogens is 274 g/mol. The van der Waals surface area contributed by atoms with Gasteiger partial charge in [0.2, 0.25) is 5.95 Å². The van der Waals surface area contributed by atoms with E-state index in [-0.39, 0.29) is 11.6 Å². The van der Waals surface area contributed by atoms with Gasteiger partial charge in [0.1, 0.15) is 5.52 Å². The lowest BCUT2D eigenvalue weighted by molar-refractivity contribution is 0.0996. The van der Waals surface area contributed by atoms with E-state index in [1.807, 2.05) is 0 Å². The molecule has 9 heteroatoms. The number of nitrogens with zero attached hydrogens (tertiary/aromatic N) is 4. The molecule has 0 aliphatic rings. The summed E-state index contributed by atoms with van der Waals surface area (Å²) in [5.74, 6) is -0.547. The summed E-state index contributed by atoms with van der Waals surface area (Å²) in [6.45, 7) is 0.